The first-order valence-electron chi connectivity index (χ1n) is 13.6. The highest BCUT2D eigenvalue weighted by molar-refractivity contribution is 6.04. The first kappa shape index (κ1) is 30.8. The van der Waals surface area contributed by atoms with Gasteiger partial charge < -0.3 is 14.8 Å². The van der Waals surface area contributed by atoms with Crippen molar-refractivity contribution >= 4 is 17.4 Å². The molecule has 1 fully saturated rings. The maximum atomic E-state index is 14.0. The normalized spacial score (nSPS) is 22.0. The third kappa shape index (κ3) is 5.34. The van der Waals surface area contributed by atoms with Crippen LogP contribution in [0.1, 0.15) is 36.1 Å². The van der Waals surface area contributed by atoms with Crippen molar-refractivity contribution in [2.24, 2.45) is 0 Å². The summed E-state index contributed by atoms with van der Waals surface area (Å²) in [6.07, 6.45) is -8.65. The van der Waals surface area contributed by atoms with Crippen molar-refractivity contribution in [3.63, 3.8) is 0 Å². The molecule has 3 heterocycles. The summed E-state index contributed by atoms with van der Waals surface area (Å²) in [6.45, 7) is 5.84. The van der Waals surface area contributed by atoms with Crippen molar-refractivity contribution in [3.8, 4) is 16.9 Å². The Hall–Kier alpha value is -3.68. The topological polar surface area (TPSA) is 65.5 Å². The second-order valence-electron chi connectivity index (χ2n) is 11.9. The van der Waals surface area contributed by atoms with E-state index in [9.17, 15) is 36.3 Å². The fraction of sp³-hybridized carbons (Fsp3) is 0.400. The van der Waals surface area contributed by atoms with Crippen molar-refractivity contribution < 1.29 is 40.6 Å². The van der Waals surface area contributed by atoms with Crippen LogP contribution in [0.5, 0.6) is 5.75 Å². The molecular formula is C30H31F6N4O3+. The van der Waals surface area contributed by atoms with Gasteiger partial charge in [-0.15, -0.1) is 0 Å². The number of aromatic nitrogens is 1. The van der Waals surface area contributed by atoms with Crippen LogP contribution >= 0.6 is 0 Å². The average molecular weight is 610 g/mol. The molecule has 0 radical (unpaired) electrons. The van der Waals surface area contributed by atoms with Crippen LogP contribution in [0.3, 0.4) is 0 Å². The Morgan fingerprint density at radius 1 is 0.930 bits per heavy atom. The maximum Gasteiger partial charge on any atom is 0.416 e. The van der Waals surface area contributed by atoms with Crippen molar-refractivity contribution in [2.75, 3.05) is 45.2 Å². The SMILES string of the molecule is Cc1ccccc1-c1c(N(C)C(=O)C(C)(C)c2cc(C(F)(F)F)cc(C(F)(F)F)c2)cnc2c1O[N+]21CC[N+](C)([O-])CC1. The van der Waals surface area contributed by atoms with Gasteiger partial charge in [-0.25, -0.2) is 0 Å². The van der Waals surface area contributed by atoms with E-state index >= 15 is 0 Å². The zero-order valence-electron chi connectivity index (χ0n) is 24.2. The molecule has 230 valence electrons. The maximum absolute atomic E-state index is 14.0. The van der Waals surface area contributed by atoms with E-state index in [2.05, 4.69) is 4.98 Å². The number of carbonyl (C=O) groups excluding carboxylic acids is 1. The van der Waals surface area contributed by atoms with Crippen LogP contribution in [0.15, 0.2) is 48.7 Å². The van der Waals surface area contributed by atoms with E-state index in [0.29, 0.717) is 61.0 Å². The molecule has 1 spiro atoms. The average Bonchev–Trinajstić information content (AvgIpc) is 2.91. The molecule has 5 rings (SSSR count). The summed E-state index contributed by atoms with van der Waals surface area (Å²) in [5, 5.41) is 12.5. The summed E-state index contributed by atoms with van der Waals surface area (Å²) in [5.74, 6) is 0.247. The third-order valence-corrected chi connectivity index (χ3v) is 8.44. The summed E-state index contributed by atoms with van der Waals surface area (Å²) in [4.78, 5) is 26.1. The van der Waals surface area contributed by atoms with E-state index in [1.807, 2.05) is 25.1 Å². The first-order chi connectivity index (χ1) is 19.8. The van der Waals surface area contributed by atoms with Crippen molar-refractivity contribution in [1.82, 2.24) is 9.63 Å². The minimum Gasteiger partial charge on any atom is -0.633 e. The van der Waals surface area contributed by atoms with E-state index in [1.54, 1.807) is 13.1 Å². The number of hydrogen-bond donors (Lipinski definition) is 0. The number of hydrogen-bond acceptors (Lipinski definition) is 4. The Balaban J connectivity index is 1.60. The molecule has 7 nitrogen and oxygen atoms in total. The van der Waals surface area contributed by atoms with Crippen LogP contribution in [-0.4, -0.2) is 55.8 Å². The minimum atomic E-state index is -5.06. The van der Waals surface area contributed by atoms with Gasteiger partial charge in [-0.05, 0) is 55.7 Å². The number of pyridine rings is 1. The Kier molecular flexibility index (Phi) is 7.10. The van der Waals surface area contributed by atoms with Crippen LogP contribution in [0, 0.1) is 12.1 Å². The Labute approximate surface area is 244 Å². The van der Waals surface area contributed by atoms with Gasteiger partial charge in [0.2, 0.25) is 5.91 Å². The molecule has 2 aliphatic rings. The van der Waals surface area contributed by atoms with E-state index in [0.717, 1.165) is 5.56 Å². The highest BCUT2D eigenvalue weighted by Crippen LogP contribution is 2.54. The smallest absolute Gasteiger partial charge is 0.416 e. The molecule has 0 N–H and O–H groups in total. The lowest BCUT2D eigenvalue weighted by Gasteiger charge is -2.50. The molecule has 0 unspecified atom stereocenters. The van der Waals surface area contributed by atoms with Gasteiger partial charge >= 0.3 is 18.2 Å². The van der Waals surface area contributed by atoms with Gasteiger partial charge in [0.15, 0.2) is 13.1 Å². The van der Waals surface area contributed by atoms with Crippen LogP contribution in [0.2, 0.25) is 0 Å². The molecule has 0 bridgehead atoms. The predicted octanol–water partition coefficient (Wildman–Crippen LogP) is 6.61. The van der Waals surface area contributed by atoms with Crippen molar-refractivity contribution in [1.29, 1.82) is 0 Å². The number of rotatable bonds is 4. The third-order valence-electron chi connectivity index (χ3n) is 8.44. The molecule has 1 amide bonds. The summed E-state index contributed by atoms with van der Waals surface area (Å²) in [5.41, 5.74) is -2.90. The van der Waals surface area contributed by atoms with Gasteiger partial charge in [0.25, 0.3) is 5.75 Å². The minimum absolute atomic E-state index is 0.0377. The Bertz CT molecular complexity index is 1560. The van der Waals surface area contributed by atoms with E-state index < -0.39 is 45.0 Å². The highest BCUT2D eigenvalue weighted by atomic mass is 19.4. The van der Waals surface area contributed by atoms with Crippen molar-refractivity contribution in [2.45, 2.75) is 38.5 Å². The summed E-state index contributed by atoms with van der Waals surface area (Å²) in [6, 6.07) is 8.52. The van der Waals surface area contributed by atoms with E-state index in [1.165, 1.54) is 32.0 Å². The predicted molar refractivity (Wildman–Crippen MR) is 149 cm³/mol. The number of anilines is 1. The summed E-state index contributed by atoms with van der Waals surface area (Å²) < 4.78 is 81.3. The number of hydroxylamine groups is 5. The number of alkyl halides is 6. The van der Waals surface area contributed by atoms with Gasteiger partial charge in [0, 0.05) is 7.05 Å². The zero-order valence-corrected chi connectivity index (χ0v) is 24.2. The summed E-state index contributed by atoms with van der Waals surface area (Å²) in [7, 11) is 2.99. The van der Waals surface area contributed by atoms with E-state index in [-0.39, 0.29) is 16.4 Å². The molecule has 2 aromatic carbocycles. The molecule has 1 aromatic heterocycles. The van der Waals surface area contributed by atoms with Gasteiger partial charge in [-0.2, -0.15) is 31.3 Å². The first-order valence-corrected chi connectivity index (χ1v) is 13.6. The molecule has 1 saturated heterocycles. The number of likely N-dealkylation sites (N-methyl/N-ethyl adjacent to an activating group) is 2. The lowest BCUT2D eigenvalue weighted by atomic mass is 9.81. The quantitative estimate of drug-likeness (QED) is 0.190. The standard InChI is InChI=1S/C30H31F6N4O3/c1-18-8-6-7-9-22(18)24-23(17-37-26-25(24)43-40(26)12-10-39(5,42)11-13-40)38(4)27(41)28(2,3)19-14-20(29(31,32)33)16-21(15-19)30(34,35)36/h6-9,14-17H,10-13H2,1-5H3/q+1. The number of fused-ring (bicyclic) bond motifs is 2. The molecule has 0 atom stereocenters. The lowest BCUT2D eigenvalue weighted by molar-refractivity contribution is -0.866. The Morgan fingerprint density at radius 3 is 2.00 bits per heavy atom. The van der Waals surface area contributed by atoms with Gasteiger partial charge in [0.1, 0.15) is 13.1 Å². The van der Waals surface area contributed by atoms with Crippen LogP contribution < -0.4 is 14.4 Å². The molecular weight excluding hydrogens is 578 g/mol. The number of aryl methyl sites for hydroxylation is 1. The molecule has 43 heavy (non-hydrogen) atoms. The van der Waals surface area contributed by atoms with Gasteiger partial charge in [-0.3, -0.25) is 9.63 Å². The largest absolute Gasteiger partial charge is 0.633 e. The lowest BCUT2D eigenvalue weighted by Crippen LogP contribution is -2.69. The number of piperazine rings is 1. The number of nitrogens with zero attached hydrogens (tertiary/aromatic N) is 4. The second kappa shape index (κ2) is 9.93. The molecule has 2 aliphatic heterocycles. The highest BCUT2D eigenvalue weighted by Gasteiger charge is 2.55. The zero-order chi connectivity index (χ0) is 31.8. The van der Waals surface area contributed by atoms with Gasteiger partial charge in [-0.1, -0.05) is 28.9 Å². The number of amides is 1. The number of carbonyl (C=O) groups is 1. The van der Waals surface area contributed by atoms with Gasteiger partial charge in [0.05, 0.1) is 41.0 Å². The second-order valence-corrected chi connectivity index (χ2v) is 11.9. The molecule has 3 aromatic rings. The fourth-order valence-corrected chi connectivity index (χ4v) is 5.64. The number of benzene rings is 2. The van der Waals surface area contributed by atoms with E-state index in [4.69, 9.17) is 4.84 Å². The van der Waals surface area contributed by atoms with Crippen LogP contribution in [-0.2, 0) is 22.6 Å². The summed E-state index contributed by atoms with van der Waals surface area (Å²) >= 11 is 0. The van der Waals surface area contributed by atoms with Crippen LogP contribution in [0.4, 0.5) is 37.8 Å². The van der Waals surface area contributed by atoms with Crippen molar-refractivity contribution in [3.05, 3.63) is 76.1 Å². The number of quaternary nitrogens is 2. The number of halogens is 6. The van der Waals surface area contributed by atoms with Crippen LogP contribution in [0.25, 0.3) is 11.1 Å². The monoisotopic (exact) mass is 609 g/mol. The molecule has 0 aliphatic carbocycles. The molecule has 13 heteroatoms. The Morgan fingerprint density at radius 2 is 1.47 bits per heavy atom. The fourth-order valence-electron chi connectivity index (χ4n) is 5.64. The molecule has 0 saturated carbocycles.